The second-order valence-electron chi connectivity index (χ2n) is 6.03. The minimum atomic E-state index is -0.584. The lowest BCUT2D eigenvalue weighted by Crippen LogP contribution is -2.11. The first-order valence-electron chi connectivity index (χ1n) is 8.58. The van der Waals surface area contributed by atoms with E-state index in [0.29, 0.717) is 21.2 Å². The lowest BCUT2D eigenvalue weighted by molar-refractivity contribution is -0.384. The van der Waals surface area contributed by atoms with Gasteiger partial charge in [-0.1, -0.05) is 35.9 Å². The van der Waals surface area contributed by atoms with Gasteiger partial charge in [-0.3, -0.25) is 14.9 Å². The summed E-state index contributed by atoms with van der Waals surface area (Å²) in [5.74, 6) is -1.07. The first-order valence-corrected chi connectivity index (χ1v) is 9.84. The van der Waals surface area contributed by atoms with Crippen LogP contribution in [0.2, 0.25) is 5.02 Å². The molecule has 1 amide bonds. The van der Waals surface area contributed by atoms with Gasteiger partial charge in [0.2, 0.25) is 5.91 Å². The molecular formula is C21H15ClN2O5S. The van der Waals surface area contributed by atoms with E-state index in [-0.39, 0.29) is 11.3 Å². The van der Waals surface area contributed by atoms with Gasteiger partial charge in [0.25, 0.3) is 5.69 Å². The van der Waals surface area contributed by atoms with Crippen LogP contribution in [0.25, 0.3) is 17.2 Å². The number of nitrogens with zero attached hydrogens (tertiary/aromatic N) is 1. The van der Waals surface area contributed by atoms with Gasteiger partial charge in [-0.25, -0.2) is 4.79 Å². The molecule has 0 unspecified atom stereocenters. The number of hydrogen-bond donors (Lipinski definition) is 1. The first-order chi connectivity index (χ1) is 14.4. The van der Waals surface area contributed by atoms with Gasteiger partial charge in [0.05, 0.1) is 12.0 Å². The van der Waals surface area contributed by atoms with E-state index < -0.39 is 16.8 Å². The molecule has 1 heterocycles. The maximum Gasteiger partial charge on any atom is 0.341 e. The molecule has 9 heteroatoms. The highest BCUT2D eigenvalue weighted by molar-refractivity contribution is 7.15. The molecule has 3 aromatic rings. The highest BCUT2D eigenvalue weighted by atomic mass is 35.5. The van der Waals surface area contributed by atoms with Crippen molar-refractivity contribution in [2.24, 2.45) is 0 Å². The fraction of sp³-hybridized carbons (Fsp3) is 0.0476. The number of nitrogens with one attached hydrogen (secondary N) is 1. The molecule has 2 aromatic carbocycles. The molecular weight excluding hydrogens is 428 g/mol. The Morgan fingerprint density at radius 1 is 1.20 bits per heavy atom. The smallest absolute Gasteiger partial charge is 0.341 e. The van der Waals surface area contributed by atoms with Crippen molar-refractivity contribution in [3.05, 3.63) is 86.3 Å². The number of amides is 1. The number of carbonyl (C=O) groups excluding carboxylic acids is 2. The van der Waals surface area contributed by atoms with Crippen LogP contribution in [-0.2, 0) is 9.53 Å². The van der Waals surface area contributed by atoms with Crippen molar-refractivity contribution >= 4 is 51.6 Å². The first kappa shape index (κ1) is 21.2. The molecule has 0 saturated heterocycles. The van der Waals surface area contributed by atoms with E-state index in [4.69, 9.17) is 16.3 Å². The Morgan fingerprint density at radius 2 is 1.93 bits per heavy atom. The van der Waals surface area contributed by atoms with E-state index in [0.717, 1.165) is 5.56 Å². The van der Waals surface area contributed by atoms with Gasteiger partial charge in [0.15, 0.2) is 0 Å². The number of benzene rings is 2. The standard InChI is InChI=1S/C21H15ClN2O5S/c1-29-21(26)19-17(14-6-8-15(22)9-7-14)12-30-20(19)23-18(25)10-5-13-3-2-4-16(11-13)24(27)28/h2-12H,1H3,(H,23,25)/b10-5+. The molecule has 0 aliphatic heterocycles. The summed E-state index contributed by atoms with van der Waals surface area (Å²) in [5.41, 5.74) is 2.03. The fourth-order valence-corrected chi connectivity index (χ4v) is 3.75. The summed E-state index contributed by atoms with van der Waals surface area (Å²) >= 11 is 7.11. The van der Waals surface area contributed by atoms with E-state index in [2.05, 4.69) is 5.32 Å². The fourth-order valence-electron chi connectivity index (χ4n) is 2.66. The Kier molecular flexibility index (Phi) is 6.61. The normalized spacial score (nSPS) is 10.7. The monoisotopic (exact) mass is 442 g/mol. The predicted molar refractivity (Wildman–Crippen MR) is 117 cm³/mol. The Balaban J connectivity index is 1.84. The van der Waals surface area contributed by atoms with Crippen molar-refractivity contribution < 1.29 is 19.2 Å². The third kappa shape index (κ3) is 4.91. The van der Waals surface area contributed by atoms with Crippen LogP contribution in [0.3, 0.4) is 0 Å². The van der Waals surface area contributed by atoms with Crippen molar-refractivity contribution in [1.29, 1.82) is 0 Å². The van der Waals surface area contributed by atoms with Gasteiger partial charge in [0.1, 0.15) is 10.6 Å². The molecule has 0 spiro atoms. The summed E-state index contributed by atoms with van der Waals surface area (Å²) in [7, 11) is 1.26. The van der Waals surface area contributed by atoms with Gasteiger partial charge in [-0.15, -0.1) is 11.3 Å². The SMILES string of the molecule is COC(=O)c1c(-c2ccc(Cl)cc2)csc1NC(=O)/C=C/c1cccc([N+](=O)[O-])c1. The van der Waals surface area contributed by atoms with Gasteiger partial charge in [0, 0.05) is 34.2 Å². The minimum Gasteiger partial charge on any atom is -0.465 e. The van der Waals surface area contributed by atoms with E-state index in [1.165, 1.54) is 48.8 Å². The van der Waals surface area contributed by atoms with Crippen molar-refractivity contribution in [3.8, 4) is 11.1 Å². The summed E-state index contributed by atoms with van der Waals surface area (Å²) in [6, 6.07) is 12.8. The van der Waals surface area contributed by atoms with Crippen molar-refractivity contribution in [1.82, 2.24) is 0 Å². The summed E-state index contributed by atoms with van der Waals surface area (Å²) in [4.78, 5) is 35.0. The topological polar surface area (TPSA) is 98.5 Å². The molecule has 0 saturated carbocycles. The van der Waals surface area contributed by atoms with E-state index in [9.17, 15) is 19.7 Å². The van der Waals surface area contributed by atoms with Gasteiger partial charge in [-0.2, -0.15) is 0 Å². The van der Waals surface area contributed by atoms with Crippen molar-refractivity contribution in [2.45, 2.75) is 0 Å². The lowest BCUT2D eigenvalue weighted by Gasteiger charge is -2.07. The average molecular weight is 443 g/mol. The number of nitro benzene ring substituents is 1. The molecule has 152 valence electrons. The molecule has 1 aromatic heterocycles. The van der Waals surface area contributed by atoms with Crippen molar-refractivity contribution in [3.63, 3.8) is 0 Å². The summed E-state index contributed by atoms with van der Waals surface area (Å²) < 4.78 is 4.88. The molecule has 3 rings (SSSR count). The molecule has 0 radical (unpaired) electrons. The van der Waals surface area contributed by atoms with Gasteiger partial charge < -0.3 is 10.1 Å². The Hall–Kier alpha value is -3.49. The summed E-state index contributed by atoms with van der Waals surface area (Å²) in [6.45, 7) is 0. The molecule has 30 heavy (non-hydrogen) atoms. The molecule has 0 bridgehead atoms. The van der Waals surface area contributed by atoms with E-state index >= 15 is 0 Å². The van der Waals surface area contributed by atoms with Crippen LogP contribution in [0.15, 0.2) is 60.0 Å². The number of nitro groups is 1. The minimum absolute atomic E-state index is 0.0728. The Bertz CT molecular complexity index is 1140. The number of halogens is 1. The van der Waals surface area contributed by atoms with Crippen molar-refractivity contribution in [2.75, 3.05) is 12.4 Å². The number of esters is 1. The zero-order valence-corrected chi connectivity index (χ0v) is 17.2. The quantitative estimate of drug-likeness (QED) is 0.238. The number of rotatable bonds is 6. The number of methoxy groups -OCH3 is 1. The van der Waals surface area contributed by atoms with E-state index in [1.807, 2.05) is 0 Å². The second kappa shape index (κ2) is 9.34. The molecule has 0 atom stereocenters. The third-order valence-electron chi connectivity index (χ3n) is 4.08. The maximum absolute atomic E-state index is 12.4. The maximum atomic E-state index is 12.4. The van der Waals surface area contributed by atoms with Crippen LogP contribution in [0.4, 0.5) is 10.7 Å². The second-order valence-corrected chi connectivity index (χ2v) is 7.34. The molecule has 0 fully saturated rings. The number of ether oxygens (including phenoxy) is 1. The Labute approximate surface area is 180 Å². The largest absolute Gasteiger partial charge is 0.465 e. The van der Waals surface area contributed by atoms with Gasteiger partial charge >= 0.3 is 5.97 Å². The van der Waals surface area contributed by atoms with Gasteiger partial charge in [-0.05, 0) is 29.3 Å². The van der Waals surface area contributed by atoms with E-state index in [1.54, 1.807) is 35.7 Å². The highest BCUT2D eigenvalue weighted by Gasteiger charge is 2.22. The number of non-ortho nitro benzene ring substituents is 1. The van der Waals surface area contributed by atoms with Crippen LogP contribution in [0.1, 0.15) is 15.9 Å². The number of thiophene rings is 1. The molecule has 7 nitrogen and oxygen atoms in total. The summed E-state index contributed by atoms with van der Waals surface area (Å²) in [6.07, 6.45) is 2.69. The number of anilines is 1. The van der Waals surface area contributed by atoms with Crippen LogP contribution in [-0.4, -0.2) is 23.9 Å². The molecule has 0 aliphatic carbocycles. The zero-order chi connectivity index (χ0) is 21.7. The Morgan fingerprint density at radius 3 is 2.60 bits per heavy atom. The molecule has 1 N–H and O–H groups in total. The predicted octanol–water partition coefficient (Wildman–Crippen LogP) is 5.42. The van der Waals surface area contributed by atoms with Crippen LogP contribution in [0, 0.1) is 10.1 Å². The molecule has 0 aliphatic rings. The average Bonchev–Trinajstić information content (AvgIpc) is 3.15. The third-order valence-corrected chi connectivity index (χ3v) is 5.23. The lowest BCUT2D eigenvalue weighted by atomic mass is 10.0. The van der Waals surface area contributed by atoms with Crippen LogP contribution >= 0.6 is 22.9 Å². The van der Waals surface area contributed by atoms with Crippen LogP contribution in [0.5, 0.6) is 0 Å². The highest BCUT2D eigenvalue weighted by Crippen LogP contribution is 2.36. The summed E-state index contributed by atoms with van der Waals surface area (Å²) in [5, 5.41) is 16.2. The van der Waals surface area contributed by atoms with Crippen LogP contribution < -0.4 is 5.32 Å². The number of carbonyl (C=O) groups is 2. The number of hydrogen-bond acceptors (Lipinski definition) is 6. The zero-order valence-electron chi connectivity index (χ0n) is 15.6.